The number of methoxy groups -OCH3 is 2. The number of ether oxygens (including phenoxy) is 2. The van der Waals surface area contributed by atoms with E-state index in [9.17, 15) is 9.18 Å². The Labute approximate surface area is 101 Å². The van der Waals surface area contributed by atoms with Crippen molar-refractivity contribution in [2.75, 3.05) is 14.2 Å². The highest BCUT2D eigenvalue weighted by Crippen LogP contribution is 2.29. The molecular weight excluding hydrogens is 223 g/mol. The molecule has 0 bridgehead atoms. The summed E-state index contributed by atoms with van der Waals surface area (Å²) in [4.78, 5) is 11.2. The zero-order valence-corrected chi connectivity index (χ0v) is 10.3. The highest BCUT2D eigenvalue weighted by atomic mass is 19.1. The number of esters is 1. The molecule has 0 aliphatic rings. The Hall–Kier alpha value is -1.58. The van der Waals surface area contributed by atoms with E-state index in [0.29, 0.717) is 17.7 Å². The maximum absolute atomic E-state index is 13.7. The first-order chi connectivity index (χ1) is 8.12. The van der Waals surface area contributed by atoms with Crippen LogP contribution in [0.25, 0.3) is 0 Å². The van der Waals surface area contributed by atoms with Crippen molar-refractivity contribution >= 4 is 5.97 Å². The standard InChI is InChI=1S/C13H17FO3/c1-4-9(7-13(15)17-3)11-8-10(16-2)5-6-12(11)14/h5-6,8-9H,4,7H2,1-3H3/t9-/m0/s1. The van der Waals surface area contributed by atoms with E-state index in [0.717, 1.165) is 0 Å². The number of hydrogen-bond donors (Lipinski definition) is 0. The monoisotopic (exact) mass is 240 g/mol. The second-order valence-corrected chi connectivity index (χ2v) is 3.77. The van der Waals surface area contributed by atoms with E-state index in [4.69, 9.17) is 4.74 Å². The van der Waals surface area contributed by atoms with Crippen LogP contribution in [-0.4, -0.2) is 20.2 Å². The third-order valence-corrected chi connectivity index (χ3v) is 2.78. The van der Waals surface area contributed by atoms with E-state index < -0.39 is 0 Å². The van der Waals surface area contributed by atoms with Crippen LogP contribution in [0.5, 0.6) is 5.75 Å². The summed E-state index contributed by atoms with van der Waals surface area (Å²) in [6, 6.07) is 4.55. The van der Waals surface area contributed by atoms with Crippen molar-refractivity contribution in [3.63, 3.8) is 0 Å². The zero-order chi connectivity index (χ0) is 12.8. The minimum atomic E-state index is -0.334. The van der Waals surface area contributed by atoms with Crippen molar-refractivity contribution in [1.29, 1.82) is 0 Å². The molecule has 0 N–H and O–H groups in total. The second-order valence-electron chi connectivity index (χ2n) is 3.77. The molecule has 94 valence electrons. The smallest absolute Gasteiger partial charge is 0.306 e. The predicted molar refractivity (Wildman–Crippen MR) is 62.6 cm³/mol. The molecule has 1 atom stereocenters. The minimum absolute atomic E-state index is 0.178. The van der Waals surface area contributed by atoms with Crippen molar-refractivity contribution in [3.05, 3.63) is 29.6 Å². The van der Waals surface area contributed by atoms with Gasteiger partial charge < -0.3 is 9.47 Å². The average Bonchev–Trinajstić information content (AvgIpc) is 2.36. The van der Waals surface area contributed by atoms with E-state index in [2.05, 4.69) is 4.74 Å². The maximum Gasteiger partial charge on any atom is 0.306 e. The number of carbonyl (C=O) groups excluding carboxylic acids is 1. The molecule has 0 aliphatic carbocycles. The first-order valence-corrected chi connectivity index (χ1v) is 5.52. The lowest BCUT2D eigenvalue weighted by atomic mass is 9.92. The van der Waals surface area contributed by atoms with Gasteiger partial charge in [0.2, 0.25) is 0 Å². The molecule has 0 saturated carbocycles. The SMILES string of the molecule is CC[C@@H](CC(=O)OC)c1cc(OC)ccc1F. The molecule has 0 saturated heterocycles. The Morgan fingerprint density at radius 3 is 2.65 bits per heavy atom. The molecule has 0 amide bonds. The van der Waals surface area contributed by atoms with Gasteiger partial charge in [-0.05, 0) is 36.1 Å². The summed E-state index contributed by atoms with van der Waals surface area (Å²) in [6.07, 6.45) is 0.844. The lowest BCUT2D eigenvalue weighted by Gasteiger charge is -2.15. The van der Waals surface area contributed by atoms with E-state index in [1.165, 1.54) is 20.3 Å². The van der Waals surface area contributed by atoms with Crippen LogP contribution < -0.4 is 4.74 Å². The Balaban J connectivity index is 2.97. The first kappa shape index (κ1) is 13.5. The molecule has 0 unspecified atom stereocenters. The van der Waals surface area contributed by atoms with Gasteiger partial charge in [0.15, 0.2) is 0 Å². The quantitative estimate of drug-likeness (QED) is 0.742. The Bertz CT molecular complexity index is 390. The molecule has 0 aromatic heterocycles. The topological polar surface area (TPSA) is 35.5 Å². The van der Waals surface area contributed by atoms with Gasteiger partial charge in [0, 0.05) is 0 Å². The first-order valence-electron chi connectivity index (χ1n) is 5.52. The summed E-state index contributed by atoms with van der Waals surface area (Å²) >= 11 is 0. The summed E-state index contributed by atoms with van der Waals surface area (Å²) in [7, 11) is 2.86. The van der Waals surface area contributed by atoms with Gasteiger partial charge in [0.05, 0.1) is 20.6 Å². The van der Waals surface area contributed by atoms with Crippen LogP contribution in [-0.2, 0) is 9.53 Å². The minimum Gasteiger partial charge on any atom is -0.497 e. The molecule has 0 radical (unpaired) electrons. The Kier molecular flexibility index (Phi) is 4.94. The third kappa shape index (κ3) is 3.44. The molecule has 1 aromatic carbocycles. The van der Waals surface area contributed by atoms with Crippen molar-refractivity contribution < 1.29 is 18.7 Å². The molecular formula is C13H17FO3. The molecule has 1 aromatic rings. The van der Waals surface area contributed by atoms with Crippen molar-refractivity contribution in [2.24, 2.45) is 0 Å². The summed E-state index contributed by atoms with van der Waals surface area (Å²) in [6.45, 7) is 1.91. The van der Waals surface area contributed by atoms with Gasteiger partial charge in [-0.1, -0.05) is 6.92 Å². The van der Waals surface area contributed by atoms with Crippen LogP contribution in [0.4, 0.5) is 4.39 Å². The largest absolute Gasteiger partial charge is 0.497 e. The van der Waals surface area contributed by atoms with Crippen LogP contribution in [0.15, 0.2) is 18.2 Å². The summed E-state index contributed by atoms with van der Waals surface area (Å²) < 4.78 is 23.4. The number of halogens is 1. The van der Waals surface area contributed by atoms with Gasteiger partial charge in [-0.15, -0.1) is 0 Å². The molecule has 4 heteroatoms. The van der Waals surface area contributed by atoms with Crippen LogP contribution in [0.2, 0.25) is 0 Å². The fourth-order valence-corrected chi connectivity index (χ4v) is 1.72. The van der Waals surface area contributed by atoms with Gasteiger partial charge in [-0.25, -0.2) is 4.39 Å². The lowest BCUT2D eigenvalue weighted by molar-refractivity contribution is -0.141. The average molecular weight is 240 g/mol. The van der Waals surface area contributed by atoms with E-state index >= 15 is 0 Å². The lowest BCUT2D eigenvalue weighted by Crippen LogP contribution is -2.09. The number of carbonyl (C=O) groups is 1. The van der Waals surface area contributed by atoms with Crippen LogP contribution in [0, 0.1) is 5.82 Å². The van der Waals surface area contributed by atoms with Crippen LogP contribution in [0.3, 0.4) is 0 Å². The molecule has 0 fully saturated rings. The molecule has 0 spiro atoms. The molecule has 3 nitrogen and oxygen atoms in total. The Morgan fingerprint density at radius 1 is 1.41 bits per heavy atom. The fraction of sp³-hybridized carbons (Fsp3) is 0.462. The molecule has 17 heavy (non-hydrogen) atoms. The highest BCUT2D eigenvalue weighted by Gasteiger charge is 2.18. The van der Waals surface area contributed by atoms with Crippen molar-refractivity contribution in [2.45, 2.75) is 25.7 Å². The maximum atomic E-state index is 13.7. The third-order valence-electron chi connectivity index (χ3n) is 2.78. The summed E-state index contributed by atoms with van der Waals surface area (Å²) in [5.41, 5.74) is 0.497. The van der Waals surface area contributed by atoms with E-state index in [1.54, 1.807) is 12.1 Å². The fourth-order valence-electron chi connectivity index (χ4n) is 1.72. The van der Waals surface area contributed by atoms with E-state index in [1.807, 2.05) is 6.92 Å². The van der Waals surface area contributed by atoms with Gasteiger partial charge in [0.1, 0.15) is 11.6 Å². The number of rotatable bonds is 5. The number of benzene rings is 1. The van der Waals surface area contributed by atoms with Gasteiger partial charge in [-0.3, -0.25) is 4.79 Å². The predicted octanol–water partition coefficient (Wildman–Crippen LogP) is 2.89. The summed E-state index contributed by atoms with van der Waals surface area (Å²) in [5.74, 6) is -0.247. The number of hydrogen-bond acceptors (Lipinski definition) is 3. The summed E-state index contributed by atoms with van der Waals surface area (Å²) in [5, 5.41) is 0. The highest BCUT2D eigenvalue weighted by molar-refractivity contribution is 5.70. The zero-order valence-electron chi connectivity index (χ0n) is 10.3. The molecule has 0 heterocycles. The Morgan fingerprint density at radius 2 is 2.12 bits per heavy atom. The normalized spacial score (nSPS) is 12.0. The van der Waals surface area contributed by atoms with Gasteiger partial charge in [-0.2, -0.15) is 0 Å². The molecule has 0 aliphatic heterocycles. The van der Waals surface area contributed by atoms with Gasteiger partial charge in [0.25, 0.3) is 0 Å². The van der Waals surface area contributed by atoms with Gasteiger partial charge >= 0.3 is 5.97 Å². The van der Waals surface area contributed by atoms with Crippen LogP contribution >= 0.6 is 0 Å². The van der Waals surface area contributed by atoms with E-state index in [-0.39, 0.29) is 24.1 Å². The van der Waals surface area contributed by atoms with Crippen LogP contribution in [0.1, 0.15) is 31.2 Å². The van der Waals surface area contributed by atoms with Crippen molar-refractivity contribution in [3.8, 4) is 5.75 Å². The van der Waals surface area contributed by atoms with Crippen molar-refractivity contribution in [1.82, 2.24) is 0 Å². The second kappa shape index (κ2) is 6.23. The molecule has 1 rings (SSSR count).